The Bertz CT molecular complexity index is 288. The number of carboxylic acids is 1. The van der Waals surface area contributed by atoms with Crippen LogP contribution < -0.4 is 10.6 Å². The van der Waals surface area contributed by atoms with Crippen LogP contribution in [0.15, 0.2) is 0 Å². The predicted octanol–water partition coefficient (Wildman–Crippen LogP) is 2.12. The lowest BCUT2D eigenvalue weighted by Crippen LogP contribution is -2.49. The maximum absolute atomic E-state index is 11.7. The van der Waals surface area contributed by atoms with Crippen LogP contribution in [-0.4, -0.2) is 29.2 Å². The average molecular weight is 256 g/mol. The third-order valence-corrected chi connectivity index (χ3v) is 3.73. The molecule has 104 valence electrons. The van der Waals surface area contributed by atoms with Crippen molar-refractivity contribution in [1.29, 1.82) is 0 Å². The summed E-state index contributed by atoms with van der Waals surface area (Å²) in [6.45, 7) is 3.74. The van der Waals surface area contributed by atoms with E-state index in [9.17, 15) is 9.59 Å². The van der Waals surface area contributed by atoms with Gasteiger partial charge in [-0.2, -0.15) is 0 Å². The fraction of sp³-hybridized carbons (Fsp3) is 0.846. The summed E-state index contributed by atoms with van der Waals surface area (Å²) in [5, 5.41) is 14.2. The van der Waals surface area contributed by atoms with Crippen LogP contribution >= 0.6 is 0 Å². The maximum atomic E-state index is 11.7. The van der Waals surface area contributed by atoms with Gasteiger partial charge in [0, 0.05) is 6.04 Å². The quantitative estimate of drug-likeness (QED) is 0.705. The normalized spacial score (nSPS) is 19.9. The van der Waals surface area contributed by atoms with E-state index in [1.807, 2.05) is 6.92 Å². The average Bonchev–Trinajstić information content (AvgIpc) is 2.36. The Morgan fingerprint density at radius 3 is 2.33 bits per heavy atom. The largest absolute Gasteiger partial charge is 0.480 e. The third kappa shape index (κ3) is 4.55. The summed E-state index contributed by atoms with van der Waals surface area (Å²) in [5.74, 6) is -0.465. The van der Waals surface area contributed by atoms with E-state index in [-0.39, 0.29) is 12.1 Å². The molecule has 2 atom stereocenters. The standard InChI is InChI=1S/C13H24N2O3/c1-3-11(12(16)17)15-13(18)14-9(2)10-7-5-4-6-8-10/h9-11H,3-8H2,1-2H3,(H,16,17)(H2,14,15,18)/t9?,11-/m0/s1. The van der Waals surface area contributed by atoms with Gasteiger partial charge in [0.1, 0.15) is 6.04 Å². The molecule has 0 aromatic carbocycles. The molecule has 2 amide bonds. The molecule has 0 heterocycles. The van der Waals surface area contributed by atoms with Crippen LogP contribution in [0.3, 0.4) is 0 Å². The number of carbonyl (C=O) groups is 2. The molecule has 5 heteroatoms. The Balaban J connectivity index is 2.36. The molecule has 0 aliphatic heterocycles. The van der Waals surface area contributed by atoms with Crippen LogP contribution in [0.5, 0.6) is 0 Å². The number of aliphatic carboxylic acids is 1. The number of hydrogen-bond acceptors (Lipinski definition) is 2. The minimum Gasteiger partial charge on any atom is -0.480 e. The molecule has 18 heavy (non-hydrogen) atoms. The summed E-state index contributed by atoms with van der Waals surface area (Å²) in [5.41, 5.74) is 0. The molecule has 1 fully saturated rings. The Labute approximate surface area is 108 Å². The summed E-state index contributed by atoms with van der Waals surface area (Å²) < 4.78 is 0. The zero-order valence-corrected chi connectivity index (χ0v) is 11.2. The molecular weight excluding hydrogens is 232 g/mol. The number of rotatable bonds is 5. The van der Waals surface area contributed by atoms with E-state index >= 15 is 0 Å². The van der Waals surface area contributed by atoms with Crippen molar-refractivity contribution in [3.05, 3.63) is 0 Å². The predicted molar refractivity (Wildman–Crippen MR) is 69.4 cm³/mol. The second-order valence-electron chi connectivity index (χ2n) is 5.10. The van der Waals surface area contributed by atoms with Crippen LogP contribution in [-0.2, 0) is 4.79 Å². The molecule has 1 aliphatic rings. The molecule has 1 saturated carbocycles. The Kier molecular flexibility index (Phi) is 5.95. The Morgan fingerprint density at radius 2 is 1.83 bits per heavy atom. The molecule has 0 aromatic rings. The van der Waals surface area contributed by atoms with Crippen molar-refractivity contribution in [1.82, 2.24) is 10.6 Å². The van der Waals surface area contributed by atoms with Crippen molar-refractivity contribution < 1.29 is 14.7 Å². The number of amides is 2. The van der Waals surface area contributed by atoms with Gasteiger partial charge in [-0.25, -0.2) is 9.59 Å². The Morgan fingerprint density at radius 1 is 1.22 bits per heavy atom. The third-order valence-electron chi connectivity index (χ3n) is 3.73. The number of carboxylic acid groups (broad SMARTS) is 1. The first-order valence-electron chi connectivity index (χ1n) is 6.84. The lowest BCUT2D eigenvalue weighted by atomic mass is 9.85. The fourth-order valence-electron chi connectivity index (χ4n) is 2.50. The highest BCUT2D eigenvalue weighted by Crippen LogP contribution is 2.26. The van der Waals surface area contributed by atoms with Crippen molar-refractivity contribution in [3.8, 4) is 0 Å². The SMILES string of the molecule is CC[C@H](NC(=O)NC(C)C1CCCCC1)C(=O)O. The zero-order chi connectivity index (χ0) is 13.5. The Hall–Kier alpha value is -1.26. The van der Waals surface area contributed by atoms with E-state index in [4.69, 9.17) is 5.11 Å². The molecule has 0 radical (unpaired) electrons. The summed E-state index contributed by atoms with van der Waals surface area (Å²) in [6.07, 6.45) is 6.43. The molecule has 0 spiro atoms. The minimum atomic E-state index is -0.988. The number of urea groups is 1. The lowest BCUT2D eigenvalue weighted by molar-refractivity contribution is -0.139. The van der Waals surface area contributed by atoms with E-state index in [0.29, 0.717) is 12.3 Å². The number of hydrogen-bond donors (Lipinski definition) is 3. The summed E-state index contributed by atoms with van der Waals surface area (Å²) in [6, 6.07) is -1.07. The molecule has 5 nitrogen and oxygen atoms in total. The van der Waals surface area contributed by atoms with Gasteiger partial charge in [-0.1, -0.05) is 26.2 Å². The summed E-state index contributed by atoms with van der Waals surface area (Å²) in [7, 11) is 0. The molecule has 0 aromatic heterocycles. The highest BCUT2D eigenvalue weighted by molar-refractivity contribution is 5.82. The first-order valence-corrected chi connectivity index (χ1v) is 6.84. The first-order chi connectivity index (χ1) is 8.54. The fourth-order valence-corrected chi connectivity index (χ4v) is 2.50. The summed E-state index contributed by atoms with van der Waals surface area (Å²) in [4.78, 5) is 22.5. The van der Waals surface area contributed by atoms with Crippen molar-refractivity contribution in [2.24, 2.45) is 5.92 Å². The van der Waals surface area contributed by atoms with Crippen LogP contribution in [0.1, 0.15) is 52.4 Å². The van der Waals surface area contributed by atoms with Gasteiger partial charge in [-0.3, -0.25) is 0 Å². The van der Waals surface area contributed by atoms with Crippen molar-refractivity contribution in [2.45, 2.75) is 64.5 Å². The zero-order valence-electron chi connectivity index (χ0n) is 11.2. The highest BCUT2D eigenvalue weighted by atomic mass is 16.4. The van der Waals surface area contributed by atoms with Crippen LogP contribution in [0.25, 0.3) is 0 Å². The monoisotopic (exact) mass is 256 g/mol. The van der Waals surface area contributed by atoms with Gasteiger partial charge in [-0.05, 0) is 32.1 Å². The highest BCUT2D eigenvalue weighted by Gasteiger charge is 2.23. The van der Waals surface area contributed by atoms with E-state index in [1.165, 1.54) is 19.3 Å². The van der Waals surface area contributed by atoms with Gasteiger partial charge in [-0.15, -0.1) is 0 Å². The molecule has 1 aliphatic carbocycles. The molecular formula is C13H24N2O3. The number of carbonyl (C=O) groups excluding carboxylic acids is 1. The lowest BCUT2D eigenvalue weighted by Gasteiger charge is -2.28. The molecule has 1 unspecified atom stereocenters. The molecule has 1 rings (SSSR count). The topological polar surface area (TPSA) is 78.4 Å². The van der Waals surface area contributed by atoms with Gasteiger partial charge in [0.05, 0.1) is 0 Å². The van der Waals surface area contributed by atoms with Crippen LogP contribution in [0, 0.1) is 5.92 Å². The van der Waals surface area contributed by atoms with Crippen molar-refractivity contribution in [3.63, 3.8) is 0 Å². The molecule has 0 saturated heterocycles. The molecule has 0 bridgehead atoms. The van der Waals surface area contributed by atoms with Crippen molar-refractivity contribution >= 4 is 12.0 Å². The van der Waals surface area contributed by atoms with E-state index < -0.39 is 12.0 Å². The smallest absolute Gasteiger partial charge is 0.326 e. The number of nitrogens with one attached hydrogen (secondary N) is 2. The van der Waals surface area contributed by atoms with Gasteiger partial charge in [0.15, 0.2) is 0 Å². The van der Waals surface area contributed by atoms with Gasteiger partial charge in [0.2, 0.25) is 0 Å². The second kappa shape index (κ2) is 7.24. The maximum Gasteiger partial charge on any atom is 0.326 e. The van der Waals surface area contributed by atoms with E-state index in [2.05, 4.69) is 10.6 Å². The summed E-state index contributed by atoms with van der Waals surface area (Å²) >= 11 is 0. The van der Waals surface area contributed by atoms with E-state index in [0.717, 1.165) is 12.8 Å². The van der Waals surface area contributed by atoms with Gasteiger partial charge < -0.3 is 15.7 Å². The first kappa shape index (κ1) is 14.8. The second-order valence-corrected chi connectivity index (χ2v) is 5.10. The van der Waals surface area contributed by atoms with Gasteiger partial charge >= 0.3 is 12.0 Å². The van der Waals surface area contributed by atoms with E-state index in [1.54, 1.807) is 6.92 Å². The minimum absolute atomic E-state index is 0.108. The van der Waals surface area contributed by atoms with Crippen LogP contribution in [0.2, 0.25) is 0 Å². The van der Waals surface area contributed by atoms with Crippen molar-refractivity contribution in [2.75, 3.05) is 0 Å². The van der Waals surface area contributed by atoms with Gasteiger partial charge in [0.25, 0.3) is 0 Å². The molecule has 3 N–H and O–H groups in total. The van der Waals surface area contributed by atoms with Crippen LogP contribution in [0.4, 0.5) is 4.79 Å².